The van der Waals surface area contributed by atoms with E-state index in [1.165, 1.54) is 12.1 Å². The van der Waals surface area contributed by atoms with Crippen molar-refractivity contribution < 1.29 is 23.6 Å². The molecule has 0 radical (unpaired) electrons. The van der Waals surface area contributed by atoms with Gasteiger partial charge >= 0.3 is 5.97 Å². The van der Waals surface area contributed by atoms with Crippen LogP contribution >= 0.6 is 0 Å². The molecule has 6 rings (SSSR count). The Balaban J connectivity index is 1.39. The molecule has 1 saturated heterocycles. The number of ketones is 1. The summed E-state index contributed by atoms with van der Waals surface area (Å²) in [6.45, 7) is 3.01. The molecule has 0 bridgehead atoms. The van der Waals surface area contributed by atoms with Crippen LogP contribution in [0.1, 0.15) is 22.3 Å². The molecule has 1 fully saturated rings. The van der Waals surface area contributed by atoms with Crippen molar-refractivity contribution in [3.05, 3.63) is 71.5 Å². The van der Waals surface area contributed by atoms with Crippen molar-refractivity contribution in [3.8, 4) is 11.3 Å². The number of aliphatic carboxylic acids is 1. The van der Waals surface area contributed by atoms with E-state index in [0.29, 0.717) is 52.1 Å². The van der Waals surface area contributed by atoms with Crippen LogP contribution in [-0.2, 0) is 4.79 Å². The lowest BCUT2D eigenvalue weighted by atomic mass is 9.86. The molecule has 8 nitrogen and oxygen atoms in total. The first-order valence-electron chi connectivity index (χ1n) is 11.8. The summed E-state index contributed by atoms with van der Waals surface area (Å²) >= 11 is 0. The molecule has 0 spiro atoms. The van der Waals surface area contributed by atoms with E-state index in [1.54, 1.807) is 18.2 Å². The van der Waals surface area contributed by atoms with Gasteiger partial charge in [-0.3, -0.25) is 9.59 Å². The van der Waals surface area contributed by atoms with E-state index in [-0.39, 0.29) is 24.6 Å². The van der Waals surface area contributed by atoms with Crippen LogP contribution in [0, 0.1) is 5.82 Å². The molecule has 1 aliphatic heterocycles. The zero-order valence-electron chi connectivity index (χ0n) is 19.3. The Morgan fingerprint density at radius 3 is 2.44 bits per heavy atom. The van der Waals surface area contributed by atoms with E-state index >= 15 is 0 Å². The van der Waals surface area contributed by atoms with E-state index in [9.17, 15) is 14.0 Å². The van der Waals surface area contributed by atoms with E-state index in [0.717, 1.165) is 24.5 Å². The Morgan fingerprint density at radius 1 is 1.03 bits per heavy atom. The largest absolute Gasteiger partial charge is 0.481 e. The molecular weight excluding hydrogens is 463 g/mol. The van der Waals surface area contributed by atoms with E-state index < -0.39 is 5.97 Å². The van der Waals surface area contributed by atoms with Crippen molar-refractivity contribution in [1.29, 1.82) is 0 Å². The first-order valence-corrected chi connectivity index (χ1v) is 11.8. The Morgan fingerprint density at radius 2 is 1.72 bits per heavy atom. The van der Waals surface area contributed by atoms with Gasteiger partial charge in [-0.25, -0.2) is 4.39 Å². The predicted octanol–water partition coefficient (Wildman–Crippen LogP) is 4.39. The molecule has 0 amide bonds. The van der Waals surface area contributed by atoms with Gasteiger partial charge in [0.1, 0.15) is 11.3 Å². The number of benzene rings is 3. The number of carbonyl (C=O) groups is 2. The monoisotopic (exact) mass is 486 g/mol. The molecule has 1 aromatic heterocycles. The fourth-order valence-electron chi connectivity index (χ4n) is 5.08. The quantitative estimate of drug-likeness (QED) is 0.365. The Bertz CT molecular complexity index is 1490. The molecule has 3 aromatic carbocycles. The minimum absolute atomic E-state index is 0.0789. The highest BCUT2D eigenvalue weighted by molar-refractivity contribution is 6.28. The van der Waals surface area contributed by atoms with Gasteiger partial charge in [0.2, 0.25) is 0 Å². The van der Waals surface area contributed by atoms with Gasteiger partial charge in [0, 0.05) is 55.2 Å². The van der Waals surface area contributed by atoms with Gasteiger partial charge in [-0.05, 0) is 30.3 Å². The second-order valence-electron chi connectivity index (χ2n) is 8.95. The zero-order chi connectivity index (χ0) is 24.8. The van der Waals surface area contributed by atoms with Gasteiger partial charge in [0.25, 0.3) is 0 Å². The van der Waals surface area contributed by atoms with Crippen LogP contribution in [0.3, 0.4) is 0 Å². The van der Waals surface area contributed by atoms with Gasteiger partial charge in [-0.15, -0.1) is 0 Å². The SMILES string of the molecule is O=C(O)CCNc1cc(N2CCN(c3ccc(F)cc3)CC2)c2noc3c2c1C(=O)c1ccccc1-3. The van der Waals surface area contributed by atoms with Crippen molar-refractivity contribution in [2.45, 2.75) is 6.42 Å². The van der Waals surface area contributed by atoms with Crippen LogP contribution in [0.25, 0.3) is 22.2 Å². The molecule has 1 aliphatic carbocycles. The summed E-state index contributed by atoms with van der Waals surface area (Å²) in [7, 11) is 0. The summed E-state index contributed by atoms with van der Waals surface area (Å²) in [5.41, 5.74) is 4.67. The fraction of sp³-hybridized carbons (Fsp3) is 0.222. The minimum Gasteiger partial charge on any atom is -0.481 e. The van der Waals surface area contributed by atoms with Crippen LogP contribution < -0.4 is 15.1 Å². The average Bonchev–Trinajstić information content (AvgIpc) is 3.33. The lowest BCUT2D eigenvalue weighted by Crippen LogP contribution is -2.46. The molecule has 4 aromatic rings. The van der Waals surface area contributed by atoms with Gasteiger partial charge in [-0.1, -0.05) is 29.4 Å². The lowest BCUT2D eigenvalue weighted by molar-refractivity contribution is -0.136. The summed E-state index contributed by atoms with van der Waals surface area (Å²) in [6.07, 6.45) is -0.0789. The number of nitrogens with one attached hydrogen (secondary N) is 1. The average molecular weight is 487 g/mol. The number of hydrogen-bond donors (Lipinski definition) is 2. The van der Waals surface area contributed by atoms with Crippen LogP contribution in [-0.4, -0.2) is 54.7 Å². The molecule has 2 heterocycles. The number of carbonyl (C=O) groups excluding carboxylic acids is 1. The summed E-state index contributed by atoms with van der Waals surface area (Å²) in [5.74, 6) is -0.779. The van der Waals surface area contributed by atoms with Crippen molar-refractivity contribution >= 4 is 39.7 Å². The maximum absolute atomic E-state index is 13.5. The summed E-state index contributed by atoms with van der Waals surface area (Å²) < 4.78 is 19.1. The molecule has 2 N–H and O–H groups in total. The van der Waals surface area contributed by atoms with Crippen molar-refractivity contribution in [1.82, 2.24) is 5.16 Å². The second kappa shape index (κ2) is 8.67. The van der Waals surface area contributed by atoms with Crippen LogP contribution in [0.4, 0.5) is 21.5 Å². The zero-order valence-corrected chi connectivity index (χ0v) is 19.3. The molecule has 0 atom stereocenters. The van der Waals surface area contributed by atoms with Crippen molar-refractivity contribution in [3.63, 3.8) is 0 Å². The first-order chi connectivity index (χ1) is 17.5. The molecule has 9 heteroatoms. The second-order valence-corrected chi connectivity index (χ2v) is 8.95. The number of rotatable bonds is 6. The molecule has 182 valence electrons. The number of carboxylic acid groups (broad SMARTS) is 1. The third kappa shape index (κ3) is 3.64. The van der Waals surface area contributed by atoms with Crippen molar-refractivity contribution in [2.75, 3.05) is 47.8 Å². The minimum atomic E-state index is -0.920. The number of anilines is 3. The maximum Gasteiger partial charge on any atom is 0.305 e. The van der Waals surface area contributed by atoms with Gasteiger partial charge in [-0.2, -0.15) is 0 Å². The van der Waals surface area contributed by atoms with E-state index in [4.69, 9.17) is 9.63 Å². The molecular formula is C27H23FN4O4. The maximum atomic E-state index is 13.5. The smallest absolute Gasteiger partial charge is 0.305 e. The standard InChI is InChI=1S/C27H23FN4O4/c28-16-5-7-17(8-6-16)31-11-13-32(14-12-31)21-15-20(29-10-9-22(33)34)23-24-25(21)30-36-27(24)19-4-2-1-3-18(19)26(23)35/h1-8,15,29H,9-14H2,(H,33,34). The number of nitrogens with zero attached hydrogens (tertiary/aromatic N) is 3. The number of piperazine rings is 1. The third-order valence-electron chi connectivity index (χ3n) is 6.84. The Hall–Kier alpha value is -4.40. The number of halogens is 1. The highest BCUT2D eigenvalue weighted by Gasteiger charge is 2.34. The number of hydrogen-bond acceptors (Lipinski definition) is 7. The summed E-state index contributed by atoms with van der Waals surface area (Å²) in [4.78, 5) is 29.1. The van der Waals surface area contributed by atoms with Gasteiger partial charge in [0.15, 0.2) is 11.5 Å². The summed E-state index contributed by atoms with van der Waals surface area (Å²) in [6, 6.07) is 15.6. The third-order valence-corrected chi connectivity index (χ3v) is 6.84. The first kappa shape index (κ1) is 22.1. The topological polar surface area (TPSA) is 98.9 Å². The van der Waals surface area contributed by atoms with Crippen molar-refractivity contribution in [2.24, 2.45) is 0 Å². The number of aromatic nitrogens is 1. The van der Waals surface area contributed by atoms with Crippen LogP contribution in [0.5, 0.6) is 0 Å². The molecule has 2 aliphatic rings. The van der Waals surface area contributed by atoms with Crippen LogP contribution in [0.2, 0.25) is 0 Å². The van der Waals surface area contributed by atoms with E-state index in [2.05, 4.69) is 20.3 Å². The fourth-order valence-corrected chi connectivity index (χ4v) is 5.08. The Labute approximate surface area is 205 Å². The highest BCUT2D eigenvalue weighted by Crippen LogP contribution is 2.46. The van der Waals surface area contributed by atoms with Gasteiger partial charge < -0.3 is 24.7 Å². The lowest BCUT2D eigenvalue weighted by Gasteiger charge is -2.37. The normalized spacial score (nSPS) is 14.8. The number of fused-ring (bicyclic) bond motifs is 2. The summed E-state index contributed by atoms with van der Waals surface area (Å²) in [5, 5.41) is 17.3. The molecule has 0 unspecified atom stereocenters. The number of carboxylic acids is 1. The Kier molecular flexibility index (Phi) is 5.32. The molecule has 36 heavy (non-hydrogen) atoms. The van der Waals surface area contributed by atoms with E-state index in [1.807, 2.05) is 24.3 Å². The van der Waals surface area contributed by atoms with Crippen LogP contribution in [0.15, 0.2) is 59.1 Å². The van der Waals surface area contributed by atoms with Gasteiger partial charge in [0.05, 0.1) is 23.1 Å². The highest BCUT2D eigenvalue weighted by atomic mass is 19.1. The predicted molar refractivity (Wildman–Crippen MR) is 134 cm³/mol. The molecule has 0 saturated carbocycles.